The number of carbonyl (C=O) groups is 1. The van der Waals surface area contributed by atoms with E-state index in [0.717, 1.165) is 41.3 Å². The molecular formula is C46H45ClN10O25S9. The van der Waals surface area contributed by atoms with Crippen LogP contribution in [0.1, 0.15) is 42.1 Å². The minimum Gasteiger partial charge on any atom is -0.493 e. The van der Waals surface area contributed by atoms with Crippen molar-refractivity contribution in [1.29, 1.82) is 0 Å². The predicted octanol–water partition coefficient (Wildman–Crippen LogP) is 8.07. The van der Waals surface area contributed by atoms with Crippen molar-refractivity contribution in [3.05, 3.63) is 88.9 Å². The van der Waals surface area contributed by atoms with Crippen LogP contribution in [-0.4, -0.2) is 152 Å². The average Bonchev–Trinajstić information content (AvgIpc) is 1.67. The Morgan fingerprint density at radius 3 is 1.84 bits per heavy atom. The topological polar surface area (TPSA) is 560 Å². The second-order valence-electron chi connectivity index (χ2n) is 17.8. The molecule has 1 amide bonds. The van der Waals surface area contributed by atoms with Gasteiger partial charge in [0.25, 0.3) is 56.5 Å². The number of hydrogen-bond acceptors (Lipinski definition) is 30. The van der Waals surface area contributed by atoms with E-state index in [4.69, 9.17) is 56.6 Å². The Balaban J connectivity index is 0.00000105. The van der Waals surface area contributed by atoms with Gasteiger partial charge in [-0.15, -0.1) is 67.7 Å². The van der Waals surface area contributed by atoms with E-state index >= 15 is 0 Å². The van der Waals surface area contributed by atoms with Gasteiger partial charge in [-0.25, -0.2) is 9.97 Å². The standard InChI is InChI=1S/C45H41ClN10O16S6.CH4O3S.2O3S/c1-3-12-71-35-21-32(36(73-14-7-16-76(62,63)64)22-31(35)52-55-45-49-40-37(78(68,69)70)17-24-10-11-25(77(65,66)67)18-26(24)41(40)74-45)53-50-29-20-34(72-13-6-15-75(59,60)61)30(19-27(29)46)51-54-39-23(2)38(42(47)57)43-48-28-8-4-5-9-33(28)56(43)44(39)58;1-5(2,3)4;2*1-4(2)3/h4-5,8-11,17-22,58H,3,6-7,12-16H2,1-2H3,(H2,47,57)(H,59,60,61)(H,62,63,64)(H,65,66,67)(H,68,69,70);1H3,(H,2,3,4);;. The van der Waals surface area contributed by atoms with Gasteiger partial charge in [-0.1, -0.05) is 48.1 Å². The number of aromatic hydroxyl groups is 1. The number of amides is 1. The van der Waals surface area contributed by atoms with Crippen molar-refractivity contribution in [2.24, 2.45) is 36.4 Å². The molecule has 0 fully saturated rings. The van der Waals surface area contributed by atoms with E-state index < -0.39 is 105 Å². The second-order valence-corrected chi connectivity index (χ2v) is 28.6. The monoisotopic (exact) mass is 1460 g/mol. The number of nitrogens with zero attached hydrogens (tertiary/aromatic N) is 9. The Hall–Kier alpha value is -7.70. The molecule has 0 aliphatic carbocycles. The summed E-state index contributed by atoms with van der Waals surface area (Å²) in [6.07, 6.45) is 0.991. The fraction of sp³-hybridized carbons (Fsp3) is 0.239. The highest BCUT2D eigenvalue weighted by molar-refractivity contribution is 7.99. The van der Waals surface area contributed by atoms with Crippen LogP contribution in [0, 0.1) is 6.92 Å². The van der Waals surface area contributed by atoms with Crippen LogP contribution >= 0.6 is 34.7 Å². The molecule has 0 aliphatic heterocycles. The Kier molecular flexibility index (Phi) is 25.3. The van der Waals surface area contributed by atoms with Gasteiger partial charge >= 0.3 is 21.2 Å². The Bertz CT molecular complexity index is 5050. The van der Waals surface area contributed by atoms with Gasteiger partial charge in [0.05, 0.1) is 62.2 Å². The minimum atomic E-state index is -4.90. The zero-order valence-electron chi connectivity index (χ0n) is 46.2. The van der Waals surface area contributed by atoms with E-state index in [0.29, 0.717) is 28.6 Å². The number of pyridine rings is 1. The van der Waals surface area contributed by atoms with Crippen molar-refractivity contribution in [3.8, 4) is 17.4 Å². The molecule has 0 radical (unpaired) electrons. The third kappa shape index (κ3) is 22.0. The van der Waals surface area contributed by atoms with Crippen molar-refractivity contribution >= 4 is 184 Å². The molecule has 35 nitrogen and oxygen atoms in total. The summed E-state index contributed by atoms with van der Waals surface area (Å²) in [5, 5.41) is 37.6. The van der Waals surface area contributed by atoms with Gasteiger partial charge in [-0.05, 0) is 85.4 Å². The number of ether oxygens (including phenoxy) is 2. The lowest BCUT2D eigenvalue weighted by Crippen LogP contribution is -2.15. The first-order valence-electron chi connectivity index (χ1n) is 24.4. The Labute approximate surface area is 531 Å². The molecule has 8 rings (SSSR count). The number of carbonyl (C=O) groups excluding carboxylic acids is 1. The molecule has 5 aromatic carbocycles. The van der Waals surface area contributed by atoms with Crippen LogP contribution in [0.5, 0.6) is 17.4 Å². The molecule has 8 aromatic rings. The maximum Gasteiger partial charge on any atom is 0.425 e. The summed E-state index contributed by atoms with van der Waals surface area (Å²) >= 11 is 8.63. The molecule has 0 bridgehead atoms. The van der Waals surface area contributed by atoms with Gasteiger partial charge in [-0.3, -0.25) is 32.0 Å². The first-order chi connectivity index (χ1) is 42.2. The van der Waals surface area contributed by atoms with Crippen LogP contribution < -0.4 is 15.2 Å². The molecule has 3 heterocycles. The molecule has 0 atom stereocenters. The highest BCUT2D eigenvalue weighted by atomic mass is 35.5. The number of azo groups is 3. The van der Waals surface area contributed by atoms with Gasteiger partial charge in [-0.2, -0.15) is 42.1 Å². The lowest BCUT2D eigenvalue weighted by molar-refractivity contribution is 0.100. The molecule has 3 aromatic heterocycles. The first kappa shape index (κ1) is 74.0. The van der Waals surface area contributed by atoms with Gasteiger partial charge in [0.1, 0.15) is 50.3 Å². The minimum absolute atomic E-state index is 0.0336. The summed E-state index contributed by atoms with van der Waals surface area (Å²) in [6.45, 7) is 3.14. The summed E-state index contributed by atoms with van der Waals surface area (Å²) in [6, 6.07) is 16.7. The van der Waals surface area contributed by atoms with Crippen LogP contribution in [0.4, 0.5) is 33.6 Å². The van der Waals surface area contributed by atoms with Gasteiger partial charge < -0.3 is 20.3 Å². The largest absolute Gasteiger partial charge is 0.493 e. The summed E-state index contributed by atoms with van der Waals surface area (Å²) in [7, 11) is -28.2. The number of thiazole rings is 1. The number of aromatic nitrogens is 3. The molecule has 490 valence electrons. The normalized spacial score (nSPS) is 12.2. The van der Waals surface area contributed by atoms with Crippen LogP contribution in [0.3, 0.4) is 0 Å². The van der Waals surface area contributed by atoms with Crippen molar-refractivity contribution in [1.82, 2.24) is 14.4 Å². The lowest BCUT2D eigenvalue weighted by Gasteiger charge is -2.13. The fourth-order valence-electron chi connectivity index (χ4n) is 7.60. The third-order valence-corrected chi connectivity index (χ3v) is 16.8. The summed E-state index contributed by atoms with van der Waals surface area (Å²) in [5.74, 6) is -2.50. The van der Waals surface area contributed by atoms with Crippen molar-refractivity contribution < 1.29 is 109 Å². The van der Waals surface area contributed by atoms with E-state index in [2.05, 4.69) is 40.7 Å². The lowest BCUT2D eigenvalue weighted by atomic mass is 10.1. The highest BCUT2D eigenvalue weighted by Crippen LogP contribution is 2.46. The van der Waals surface area contributed by atoms with Crippen molar-refractivity contribution in [2.45, 2.75) is 47.8 Å². The molecule has 0 spiro atoms. The van der Waals surface area contributed by atoms with Gasteiger partial charge in [0.2, 0.25) is 11.0 Å². The summed E-state index contributed by atoms with van der Waals surface area (Å²) in [4.78, 5) is 20.7. The number of para-hydroxylation sites is 2. The molecule has 8 N–H and O–H groups in total. The molecule has 0 aliphatic rings. The zero-order valence-corrected chi connectivity index (χ0v) is 54.3. The number of fused-ring (bicyclic) bond motifs is 6. The van der Waals surface area contributed by atoms with E-state index in [1.807, 2.05) is 6.92 Å². The number of thioether (sulfide) groups is 1. The van der Waals surface area contributed by atoms with E-state index in [9.17, 15) is 70.2 Å². The number of primary amides is 1. The van der Waals surface area contributed by atoms with E-state index in [1.54, 1.807) is 24.3 Å². The molecular weight excluding hydrogens is 1420 g/mol. The Morgan fingerprint density at radius 2 is 1.25 bits per heavy atom. The maximum atomic E-state index is 12.8. The highest BCUT2D eigenvalue weighted by Gasteiger charge is 2.26. The molecule has 91 heavy (non-hydrogen) atoms. The molecule has 45 heteroatoms. The van der Waals surface area contributed by atoms with E-state index in [-0.39, 0.29) is 120 Å². The summed E-state index contributed by atoms with van der Waals surface area (Å²) < 4.78 is 224. The Morgan fingerprint density at radius 1 is 0.703 bits per heavy atom. The SMILES string of the molecule is CCCOc1cc(N=Nc2cc(OCCCS(=O)(=O)O)c(N=Nc3c(C)c(C(N)=O)c4nc5ccccc5n4c3O)cc2Cl)c(SCCCS(=O)(=O)O)cc1N=Nc1nc2c(S(=O)(=O)O)cc3ccc(S(=O)(=O)O)cc3c2s1.CS(=O)(=O)O.O=S(=O)=O.O=S(=O)=O. The van der Waals surface area contributed by atoms with Crippen molar-refractivity contribution in [2.75, 3.05) is 36.7 Å². The number of hydrogen-bond donors (Lipinski definition) is 7. The van der Waals surface area contributed by atoms with Gasteiger partial charge in [0, 0.05) is 22.4 Å². The number of nitrogens with two attached hydrogens (primary N) is 1. The first-order valence-corrected chi connectivity index (χ1v) is 36.6. The molecule has 0 saturated heterocycles. The average molecular weight is 1460 g/mol. The second kappa shape index (κ2) is 31.1. The van der Waals surface area contributed by atoms with Gasteiger partial charge in [0.15, 0.2) is 5.65 Å². The zero-order chi connectivity index (χ0) is 68.1. The number of imidazole rings is 1. The molecule has 0 saturated carbocycles. The van der Waals surface area contributed by atoms with Crippen molar-refractivity contribution in [3.63, 3.8) is 0 Å². The van der Waals surface area contributed by atoms with Crippen LogP contribution in [0.25, 0.3) is 37.7 Å². The predicted molar refractivity (Wildman–Crippen MR) is 326 cm³/mol. The maximum absolute atomic E-state index is 12.8. The summed E-state index contributed by atoms with van der Waals surface area (Å²) in [5.41, 5.74) is 6.34. The van der Waals surface area contributed by atoms with Crippen LogP contribution in [-0.2, 0) is 71.8 Å². The number of halogens is 1. The number of rotatable bonds is 22. The van der Waals surface area contributed by atoms with Crippen LogP contribution in [0.15, 0.2) is 118 Å². The fourth-order valence-corrected chi connectivity index (χ4v) is 12.1. The smallest absolute Gasteiger partial charge is 0.425 e. The third-order valence-electron chi connectivity index (χ3n) is 11.1. The van der Waals surface area contributed by atoms with E-state index in [1.165, 1.54) is 41.7 Å². The quantitative estimate of drug-likeness (QED) is 0.0146. The molecule has 0 unspecified atom stereocenters. The number of benzene rings is 5. The van der Waals surface area contributed by atoms with Crippen LogP contribution in [0.2, 0.25) is 5.02 Å².